The van der Waals surface area contributed by atoms with E-state index in [2.05, 4.69) is 15.0 Å². The molecule has 1 atom stereocenters. The summed E-state index contributed by atoms with van der Waals surface area (Å²) in [6, 6.07) is -0.239. The number of nitrogens with one attached hydrogen (secondary N) is 1. The van der Waals surface area contributed by atoms with E-state index < -0.39 is 0 Å². The summed E-state index contributed by atoms with van der Waals surface area (Å²) >= 11 is 1.61. The molecular formula is C10H16N2O2S. The van der Waals surface area contributed by atoms with Gasteiger partial charge in [0.15, 0.2) is 0 Å². The molecule has 84 valence electrons. The summed E-state index contributed by atoms with van der Waals surface area (Å²) in [5.74, 6) is -0.218. The van der Waals surface area contributed by atoms with Crippen molar-refractivity contribution in [3.63, 3.8) is 0 Å². The van der Waals surface area contributed by atoms with Crippen molar-refractivity contribution in [3.05, 3.63) is 16.1 Å². The fourth-order valence-electron chi connectivity index (χ4n) is 1.25. The Hall–Kier alpha value is -0.940. The number of ether oxygens (including phenoxy) is 1. The van der Waals surface area contributed by atoms with Crippen LogP contribution in [0.25, 0.3) is 0 Å². The number of carbonyl (C=O) groups excluding carboxylic acids is 1. The Morgan fingerprint density at radius 1 is 1.73 bits per heavy atom. The van der Waals surface area contributed by atoms with Gasteiger partial charge in [0.25, 0.3) is 0 Å². The van der Waals surface area contributed by atoms with Gasteiger partial charge in [-0.2, -0.15) is 0 Å². The van der Waals surface area contributed by atoms with Crippen LogP contribution in [-0.2, 0) is 16.1 Å². The average molecular weight is 228 g/mol. The van der Waals surface area contributed by atoms with Gasteiger partial charge in [0.1, 0.15) is 6.04 Å². The molecule has 1 heterocycles. The molecule has 0 bridgehead atoms. The average Bonchev–Trinajstić information content (AvgIpc) is 2.64. The van der Waals surface area contributed by atoms with Gasteiger partial charge in [-0.25, -0.2) is 4.98 Å². The SMILES string of the molecule is CCC(NCc1csc(C)n1)C(=O)OC. The lowest BCUT2D eigenvalue weighted by Crippen LogP contribution is -2.36. The van der Waals surface area contributed by atoms with Crippen molar-refractivity contribution >= 4 is 17.3 Å². The van der Waals surface area contributed by atoms with Crippen molar-refractivity contribution in [1.29, 1.82) is 0 Å². The highest BCUT2D eigenvalue weighted by molar-refractivity contribution is 7.09. The highest BCUT2D eigenvalue weighted by Gasteiger charge is 2.15. The lowest BCUT2D eigenvalue weighted by molar-refractivity contribution is -0.143. The highest BCUT2D eigenvalue weighted by atomic mass is 32.1. The van der Waals surface area contributed by atoms with E-state index in [0.29, 0.717) is 6.54 Å². The summed E-state index contributed by atoms with van der Waals surface area (Å²) in [7, 11) is 1.40. The first-order valence-electron chi connectivity index (χ1n) is 4.89. The lowest BCUT2D eigenvalue weighted by Gasteiger charge is -2.13. The molecule has 1 N–H and O–H groups in total. The van der Waals surface area contributed by atoms with Crippen LogP contribution in [0.1, 0.15) is 24.0 Å². The molecule has 1 aromatic heterocycles. The van der Waals surface area contributed by atoms with Gasteiger partial charge < -0.3 is 4.74 Å². The van der Waals surface area contributed by atoms with Crippen LogP contribution in [0.4, 0.5) is 0 Å². The number of aryl methyl sites for hydroxylation is 1. The standard InChI is InChI=1S/C10H16N2O2S/c1-4-9(10(13)14-3)11-5-8-6-15-7(2)12-8/h6,9,11H,4-5H2,1-3H3. The maximum Gasteiger partial charge on any atom is 0.322 e. The molecule has 0 aromatic carbocycles. The molecule has 0 aliphatic rings. The number of thiazole rings is 1. The van der Waals surface area contributed by atoms with E-state index in [0.717, 1.165) is 17.1 Å². The van der Waals surface area contributed by atoms with Crippen molar-refractivity contribution < 1.29 is 9.53 Å². The zero-order valence-electron chi connectivity index (χ0n) is 9.24. The van der Waals surface area contributed by atoms with Crippen LogP contribution in [0.2, 0.25) is 0 Å². The minimum atomic E-state index is -0.239. The van der Waals surface area contributed by atoms with E-state index in [1.807, 2.05) is 19.2 Å². The second-order valence-electron chi connectivity index (χ2n) is 3.22. The third-order valence-corrected chi connectivity index (χ3v) is 2.91. The first-order chi connectivity index (χ1) is 7.17. The molecule has 0 radical (unpaired) electrons. The second kappa shape index (κ2) is 5.82. The number of aromatic nitrogens is 1. The smallest absolute Gasteiger partial charge is 0.322 e. The third-order valence-electron chi connectivity index (χ3n) is 2.09. The zero-order valence-corrected chi connectivity index (χ0v) is 10.1. The number of methoxy groups -OCH3 is 1. The molecule has 0 spiro atoms. The predicted molar refractivity (Wildman–Crippen MR) is 59.8 cm³/mol. The molecule has 0 saturated heterocycles. The molecule has 0 saturated carbocycles. The summed E-state index contributed by atoms with van der Waals surface area (Å²) in [6.45, 7) is 4.52. The fraction of sp³-hybridized carbons (Fsp3) is 0.600. The van der Waals surface area contributed by atoms with Crippen molar-refractivity contribution in [1.82, 2.24) is 10.3 Å². The maximum absolute atomic E-state index is 11.3. The van der Waals surface area contributed by atoms with E-state index in [-0.39, 0.29) is 12.0 Å². The van der Waals surface area contributed by atoms with Crippen molar-refractivity contribution in [2.24, 2.45) is 0 Å². The summed E-state index contributed by atoms with van der Waals surface area (Å²) in [5.41, 5.74) is 0.972. The van der Waals surface area contributed by atoms with Crippen molar-refractivity contribution in [2.45, 2.75) is 32.9 Å². The van der Waals surface area contributed by atoms with Gasteiger partial charge in [-0.1, -0.05) is 6.92 Å². The predicted octanol–water partition coefficient (Wildman–Crippen LogP) is 1.49. The van der Waals surface area contributed by atoms with Gasteiger partial charge in [-0.05, 0) is 13.3 Å². The minimum Gasteiger partial charge on any atom is -0.468 e. The van der Waals surface area contributed by atoms with E-state index in [1.165, 1.54) is 7.11 Å². The number of nitrogens with zero attached hydrogens (tertiary/aromatic N) is 1. The summed E-state index contributed by atoms with van der Waals surface area (Å²) in [6.07, 6.45) is 0.718. The van der Waals surface area contributed by atoms with Gasteiger partial charge in [0.05, 0.1) is 17.8 Å². The molecule has 4 nitrogen and oxygen atoms in total. The molecule has 0 fully saturated rings. The number of hydrogen-bond acceptors (Lipinski definition) is 5. The first kappa shape index (κ1) is 12.1. The molecular weight excluding hydrogens is 212 g/mol. The molecule has 5 heteroatoms. The minimum absolute atomic E-state index is 0.218. The van der Waals surface area contributed by atoms with Crippen LogP contribution in [0.3, 0.4) is 0 Å². The molecule has 15 heavy (non-hydrogen) atoms. The van der Waals surface area contributed by atoms with Gasteiger partial charge in [0, 0.05) is 11.9 Å². The molecule has 0 aliphatic heterocycles. The fourth-order valence-corrected chi connectivity index (χ4v) is 1.87. The highest BCUT2D eigenvalue weighted by Crippen LogP contribution is 2.08. The summed E-state index contributed by atoms with van der Waals surface area (Å²) in [5, 5.41) is 6.15. The van der Waals surface area contributed by atoms with Crippen LogP contribution < -0.4 is 5.32 Å². The van der Waals surface area contributed by atoms with Gasteiger partial charge in [-0.3, -0.25) is 10.1 Å². The van der Waals surface area contributed by atoms with Crippen LogP contribution in [-0.4, -0.2) is 24.1 Å². The number of esters is 1. The Kier molecular flexibility index (Phi) is 4.71. The van der Waals surface area contributed by atoms with E-state index in [9.17, 15) is 4.79 Å². The number of rotatable bonds is 5. The first-order valence-corrected chi connectivity index (χ1v) is 5.77. The summed E-state index contributed by atoms with van der Waals surface area (Å²) in [4.78, 5) is 15.6. The van der Waals surface area contributed by atoms with E-state index in [4.69, 9.17) is 0 Å². The van der Waals surface area contributed by atoms with E-state index >= 15 is 0 Å². The van der Waals surface area contributed by atoms with Gasteiger partial charge in [-0.15, -0.1) is 11.3 Å². The molecule has 1 unspecified atom stereocenters. The normalized spacial score (nSPS) is 12.5. The largest absolute Gasteiger partial charge is 0.468 e. The summed E-state index contributed by atoms with van der Waals surface area (Å²) < 4.78 is 4.68. The van der Waals surface area contributed by atoms with Crippen LogP contribution in [0.15, 0.2) is 5.38 Å². The second-order valence-corrected chi connectivity index (χ2v) is 4.28. The monoisotopic (exact) mass is 228 g/mol. The van der Waals surface area contributed by atoms with Crippen molar-refractivity contribution in [3.8, 4) is 0 Å². The topological polar surface area (TPSA) is 51.2 Å². The van der Waals surface area contributed by atoms with Crippen LogP contribution >= 0.6 is 11.3 Å². The van der Waals surface area contributed by atoms with Gasteiger partial charge in [0.2, 0.25) is 0 Å². The quantitative estimate of drug-likeness (QED) is 0.776. The Balaban J connectivity index is 2.44. The van der Waals surface area contributed by atoms with Crippen LogP contribution in [0, 0.1) is 6.92 Å². The van der Waals surface area contributed by atoms with Crippen LogP contribution in [0.5, 0.6) is 0 Å². The molecule has 0 amide bonds. The Morgan fingerprint density at radius 2 is 2.47 bits per heavy atom. The maximum atomic E-state index is 11.3. The Bertz CT molecular complexity index is 325. The zero-order chi connectivity index (χ0) is 11.3. The number of carbonyl (C=O) groups is 1. The third kappa shape index (κ3) is 3.60. The molecule has 0 aliphatic carbocycles. The molecule has 1 aromatic rings. The number of hydrogen-bond donors (Lipinski definition) is 1. The Morgan fingerprint density at radius 3 is 2.93 bits per heavy atom. The lowest BCUT2D eigenvalue weighted by atomic mass is 10.2. The Labute approximate surface area is 93.7 Å². The van der Waals surface area contributed by atoms with E-state index in [1.54, 1.807) is 11.3 Å². The van der Waals surface area contributed by atoms with Crippen molar-refractivity contribution in [2.75, 3.05) is 7.11 Å². The van der Waals surface area contributed by atoms with Gasteiger partial charge >= 0.3 is 5.97 Å². The molecule has 1 rings (SSSR count).